The standard InChI is InChI=1S/C11H13N3O3/c1-2-13-9(7-12)8-17-11-5-3-10(4-6-11)14(15)16/h3-6,9,13H,2,8H2,1H3. The topological polar surface area (TPSA) is 88.2 Å². The van der Waals surface area contributed by atoms with Crippen molar-refractivity contribution in [2.24, 2.45) is 0 Å². The number of hydrogen-bond acceptors (Lipinski definition) is 5. The quantitative estimate of drug-likeness (QED) is 0.595. The zero-order valence-corrected chi connectivity index (χ0v) is 9.42. The van der Waals surface area contributed by atoms with Gasteiger partial charge in [0.15, 0.2) is 0 Å². The second-order valence-electron chi connectivity index (χ2n) is 3.30. The number of likely N-dealkylation sites (N-methyl/N-ethyl adjacent to an activating group) is 1. The molecule has 6 nitrogen and oxygen atoms in total. The van der Waals surface area contributed by atoms with Crippen LogP contribution in [0.4, 0.5) is 5.69 Å². The Morgan fingerprint density at radius 1 is 1.53 bits per heavy atom. The highest BCUT2D eigenvalue weighted by Crippen LogP contribution is 2.17. The summed E-state index contributed by atoms with van der Waals surface area (Å²) in [5.41, 5.74) is 0.0147. The van der Waals surface area contributed by atoms with Crippen LogP contribution in [0.5, 0.6) is 5.75 Å². The van der Waals surface area contributed by atoms with Crippen molar-refractivity contribution in [2.75, 3.05) is 13.2 Å². The Morgan fingerprint density at radius 2 is 2.18 bits per heavy atom. The fraction of sp³-hybridized carbons (Fsp3) is 0.364. The number of rotatable bonds is 6. The van der Waals surface area contributed by atoms with Crippen LogP contribution >= 0.6 is 0 Å². The van der Waals surface area contributed by atoms with Gasteiger partial charge in [0.05, 0.1) is 11.0 Å². The second kappa shape index (κ2) is 6.45. The number of nitrogens with one attached hydrogen (secondary N) is 1. The second-order valence-corrected chi connectivity index (χ2v) is 3.30. The van der Waals surface area contributed by atoms with E-state index < -0.39 is 4.92 Å². The number of nitrogens with zero attached hydrogens (tertiary/aromatic N) is 2. The van der Waals surface area contributed by atoms with E-state index in [0.717, 1.165) is 0 Å². The lowest BCUT2D eigenvalue weighted by Gasteiger charge is -2.11. The van der Waals surface area contributed by atoms with E-state index in [1.807, 2.05) is 6.92 Å². The lowest BCUT2D eigenvalue weighted by atomic mass is 10.3. The summed E-state index contributed by atoms with van der Waals surface area (Å²) in [5, 5.41) is 22.1. The number of non-ortho nitro benzene ring substituents is 1. The van der Waals surface area contributed by atoms with Crippen LogP contribution in [0.2, 0.25) is 0 Å². The highest BCUT2D eigenvalue weighted by Gasteiger charge is 2.08. The van der Waals surface area contributed by atoms with Gasteiger partial charge in [-0.2, -0.15) is 5.26 Å². The molecule has 0 saturated carbocycles. The Labute approximate surface area is 99.0 Å². The summed E-state index contributed by atoms with van der Waals surface area (Å²) in [6.45, 7) is 2.79. The fourth-order valence-electron chi connectivity index (χ4n) is 1.23. The first-order chi connectivity index (χ1) is 8.17. The van der Waals surface area contributed by atoms with E-state index in [9.17, 15) is 10.1 Å². The van der Waals surface area contributed by atoms with Gasteiger partial charge in [0.25, 0.3) is 5.69 Å². The van der Waals surface area contributed by atoms with Crippen molar-refractivity contribution in [1.29, 1.82) is 5.26 Å². The molecule has 90 valence electrons. The minimum atomic E-state index is -0.472. The van der Waals surface area contributed by atoms with Crippen LogP contribution in [0.1, 0.15) is 6.92 Å². The van der Waals surface area contributed by atoms with Crippen LogP contribution in [-0.2, 0) is 0 Å². The Bertz CT molecular complexity index is 411. The Balaban J connectivity index is 2.52. The first-order valence-corrected chi connectivity index (χ1v) is 5.17. The zero-order valence-electron chi connectivity index (χ0n) is 9.42. The smallest absolute Gasteiger partial charge is 0.269 e. The van der Waals surface area contributed by atoms with Crippen LogP contribution in [0, 0.1) is 21.4 Å². The number of nitro benzene ring substituents is 1. The van der Waals surface area contributed by atoms with Gasteiger partial charge in [0.2, 0.25) is 0 Å². The van der Waals surface area contributed by atoms with Crippen LogP contribution < -0.4 is 10.1 Å². The summed E-state index contributed by atoms with van der Waals surface area (Å²) in [5.74, 6) is 0.508. The molecule has 0 aliphatic rings. The molecule has 1 unspecified atom stereocenters. The molecule has 6 heteroatoms. The largest absolute Gasteiger partial charge is 0.491 e. The number of benzene rings is 1. The van der Waals surface area contributed by atoms with Gasteiger partial charge in [-0.1, -0.05) is 6.92 Å². The van der Waals surface area contributed by atoms with Gasteiger partial charge in [0.1, 0.15) is 18.4 Å². The van der Waals surface area contributed by atoms with Gasteiger partial charge >= 0.3 is 0 Å². The molecule has 0 saturated heterocycles. The van der Waals surface area contributed by atoms with Gasteiger partial charge in [-0.3, -0.25) is 15.4 Å². The molecule has 0 aromatic heterocycles. The summed E-state index contributed by atoms with van der Waals surface area (Å²) in [4.78, 5) is 9.95. The van der Waals surface area contributed by atoms with Crippen molar-refractivity contribution in [1.82, 2.24) is 5.32 Å². The van der Waals surface area contributed by atoms with E-state index in [1.165, 1.54) is 24.3 Å². The highest BCUT2D eigenvalue weighted by atomic mass is 16.6. The van der Waals surface area contributed by atoms with Crippen molar-refractivity contribution >= 4 is 5.69 Å². The van der Waals surface area contributed by atoms with E-state index in [-0.39, 0.29) is 18.3 Å². The van der Waals surface area contributed by atoms with Crippen molar-refractivity contribution in [3.8, 4) is 11.8 Å². The summed E-state index contributed by atoms with van der Waals surface area (Å²) in [7, 11) is 0. The average Bonchev–Trinajstić information content (AvgIpc) is 2.35. The number of ether oxygens (including phenoxy) is 1. The van der Waals surface area contributed by atoms with Crippen LogP contribution in [0.15, 0.2) is 24.3 Å². The van der Waals surface area contributed by atoms with E-state index in [0.29, 0.717) is 12.3 Å². The van der Waals surface area contributed by atoms with E-state index in [4.69, 9.17) is 10.00 Å². The predicted octanol–water partition coefficient (Wildman–Crippen LogP) is 1.48. The minimum absolute atomic E-state index is 0.0147. The number of nitriles is 1. The molecule has 0 amide bonds. The van der Waals surface area contributed by atoms with E-state index in [2.05, 4.69) is 11.4 Å². The third-order valence-electron chi connectivity index (χ3n) is 2.07. The van der Waals surface area contributed by atoms with Crippen molar-refractivity contribution in [3.63, 3.8) is 0 Å². The summed E-state index contributed by atoms with van der Waals surface area (Å²) < 4.78 is 5.34. The van der Waals surface area contributed by atoms with Gasteiger partial charge in [-0.25, -0.2) is 0 Å². The molecule has 1 aromatic carbocycles. The molecule has 0 aliphatic heterocycles. The van der Waals surface area contributed by atoms with Gasteiger partial charge < -0.3 is 4.74 Å². The van der Waals surface area contributed by atoms with E-state index in [1.54, 1.807) is 0 Å². The molecule has 1 N–H and O–H groups in total. The van der Waals surface area contributed by atoms with Crippen molar-refractivity contribution < 1.29 is 9.66 Å². The lowest BCUT2D eigenvalue weighted by molar-refractivity contribution is -0.384. The Kier molecular flexibility index (Phi) is 4.91. The summed E-state index contributed by atoms with van der Waals surface area (Å²) in [6, 6.07) is 7.43. The first-order valence-electron chi connectivity index (χ1n) is 5.17. The van der Waals surface area contributed by atoms with Gasteiger partial charge in [-0.05, 0) is 18.7 Å². The maximum Gasteiger partial charge on any atom is 0.269 e. The van der Waals surface area contributed by atoms with Gasteiger partial charge in [0, 0.05) is 12.1 Å². The molecule has 0 bridgehead atoms. The van der Waals surface area contributed by atoms with Crippen molar-refractivity contribution in [3.05, 3.63) is 34.4 Å². The maximum absolute atomic E-state index is 10.4. The molecule has 0 radical (unpaired) electrons. The third kappa shape index (κ3) is 4.09. The molecule has 1 rings (SSSR count). The summed E-state index contributed by atoms with van der Waals surface area (Å²) in [6.07, 6.45) is 0. The van der Waals surface area contributed by atoms with Crippen LogP contribution in [0.3, 0.4) is 0 Å². The van der Waals surface area contributed by atoms with E-state index >= 15 is 0 Å². The Morgan fingerprint density at radius 3 is 2.65 bits per heavy atom. The maximum atomic E-state index is 10.4. The Hall–Kier alpha value is -2.13. The van der Waals surface area contributed by atoms with Crippen LogP contribution in [0.25, 0.3) is 0 Å². The molecule has 0 fully saturated rings. The zero-order chi connectivity index (χ0) is 12.7. The first kappa shape index (κ1) is 12.9. The SMILES string of the molecule is CCNC(C#N)COc1ccc([N+](=O)[O-])cc1. The fourth-order valence-corrected chi connectivity index (χ4v) is 1.23. The van der Waals surface area contributed by atoms with Gasteiger partial charge in [-0.15, -0.1) is 0 Å². The number of hydrogen-bond donors (Lipinski definition) is 1. The lowest BCUT2D eigenvalue weighted by Crippen LogP contribution is -2.32. The monoisotopic (exact) mass is 235 g/mol. The molecule has 0 spiro atoms. The predicted molar refractivity (Wildman–Crippen MR) is 61.7 cm³/mol. The minimum Gasteiger partial charge on any atom is -0.491 e. The van der Waals surface area contributed by atoms with Crippen molar-refractivity contribution in [2.45, 2.75) is 13.0 Å². The summed E-state index contributed by atoms with van der Waals surface area (Å²) >= 11 is 0. The molecule has 0 aliphatic carbocycles. The molecule has 0 heterocycles. The molecule has 17 heavy (non-hydrogen) atoms. The average molecular weight is 235 g/mol. The normalized spacial score (nSPS) is 11.5. The molecular weight excluding hydrogens is 222 g/mol. The molecule has 1 atom stereocenters. The molecular formula is C11H13N3O3. The highest BCUT2D eigenvalue weighted by molar-refractivity contribution is 5.36. The molecule has 1 aromatic rings. The number of nitro groups is 1. The van der Waals surface area contributed by atoms with Crippen LogP contribution in [-0.4, -0.2) is 24.1 Å². The third-order valence-corrected chi connectivity index (χ3v) is 2.07.